The van der Waals surface area contributed by atoms with Crippen molar-refractivity contribution in [3.8, 4) is 11.8 Å². The first-order valence-corrected chi connectivity index (χ1v) is 5.68. The third kappa shape index (κ3) is 3.37. The summed E-state index contributed by atoms with van der Waals surface area (Å²) in [7, 11) is 1.39. The Morgan fingerprint density at radius 1 is 1.56 bits per heavy atom. The molecule has 0 amide bonds. The summed E-state index contributed by atoms with van der Waals surface area (Å²) in [6, 6.07) is 0. The number of ether oxygens (including phenoxy) is 1. The Morgan fingerprint density at radius 2 is 2.31 bits per heavy atom. The summed E-state index contributed by atoms with van der Waals surface area (Å²) in [6.45, 7) is 1.79. The molecule has 0 saturated heterocycles. The van der Waals surface area contributed by atoms with Crippen molar-refractivity contribution in [1.82, 2.24) is 0 Å². The zero-order valence-corrected chi connectivity index (χ0v) is 9.91. The molecule has 1 aliphatic carbocycles. The van der Waals surface area contributed by atoms with E-state index in [9.17, 15) is 9.59 Å². The van der Waals surface area contributed by atoms with E-state index in [1.165, 1.54) is 7.11 Å². The minimum Gasteiger partial charge on any atom is -0.469 e. The lowest BCUT2D eigenvalue weighted by Crippen LogP contribution is -2.18. The molecule has 0 radical (unpaired) electrons. The highest BCUT2D eigenvalue weighted by molar-refractivity contribution is 5.84. The highest BCUT2D eigenvalue weighted by atomic mass is 16.5. The van der Waals surface area contributed by atoms with Gasteiger partial charge in [-0.3, -0.25) is 9.59 Å². The van der Waals surface area contributed by atoms with Crippen molar-refractivity contribution in [2.24, 2.45) is 11.8 Å². The predicted octanol–water partition coefficient (Wildman–Crippen LogP) is 1.95. The van der Waals surface area contributed by atoms with Gasteiger partial charge in [-0.05, 0) is 25.7 Å². The van der Waals surface area contributed by atoms with Crippen molar-refractivity contribution in [1.29, 1.82) is 0 Å². The van der Waals surface area contributed by atoms with Gasteiger partial charge in [-0.1, -0.05) is 0 Å². The first kappa shape index (κ1) is 12.8. The van der Waals surface area contributed by atoms with Crippen LogP contribution in [0.1, 0.15) is 39.0 Å². The molecule has 0 spiro atoms. The lowest BCUT2D eigenvalue weighted by Gasteiger charge is -2.15. The van der Waals surface area contributed by atoms with E-state index in [4.69, 9.17) is 0 Å². The maximum Gasteiger partial charge on any atom is 0.305 e. The summed E-state index contributed by atoms with van der Waals surface area (Å²) in [5.41, 5.74) is 0. The average Bonchev–Trinajstić information content (AvgIpc) is 2.61. The van der Waals surface area contributed by atoms with Crippen LogP contribution in [0.5, 0.6) is 0 Å². The predicted molar refractivity (Wildman–Crippen MR) is 60.5 cm³/mol. The summed E-state index contributed by atoms with van der Waals surface area (Å²) in [5.74, 6) is 6.03. The molecular weight excluding hydrogens is 204 g/mol. The van der Waals surface area contributed by atoms with Crippen molar-refractivity contribution >= 4 is 11.8 Å². The normalized spacial score (nSPS) is 23.8. The molecule has 0 N–H and O–H groups in total. The maximum absolute atomic E-state index is 11.6. The van der Waals surface area contributed by atoms with Crippen LogP contribution in [0.2, 0.25) is 0 Å². The molecule has 0 aromatic heterocycles. The zero-order valence-electron chi connectivity index (χ0n) is 9.91. The highest BCUT2D eigenvalue weighted by Crippen LogP contribution is 2.34. The smallest absolute Gasteiger partial charge is 0.305 e. The summed E-state index contributed by atoms with van der Waals surface area (Å²) in [5, 5.41) is 0. The molecule has 0 aliphatic heterocycles. The van der Waals surface area contributed by atoms with Crippen molar-refractivity contribution in [3.05, 3.63) is 0 Å². The second-order valence-corrected chi connectivity index (χ2v) is 4.12. The summed E-state index contributed by atoms with van der Waals surface area (Å²) in [6.07, 6.45) is 3.31. The summed E-state index contributed by atoms with van der Waals surface area (Å²) in [4.78, 5) is 22.8. The van der Waals surface area contributed by atoms with Gasteiger partial charge in [-0.15, -0.1) is 11.8 Å². The zero-order chi connectivity index (χ0) is 12.0. The Kier molecular flexibility index (Phi) is 5.04. The largest absolute Gasteiger partial charge is 0.469 e. The van der Waals surface area contributed by atoms with Crippen LogP contribution in [0, 0.1) is 23.7 Å². The van der Waals surface area contributed by atoms with Gasteiger partial charge >= 0.3 is 5.97 Å². The SMILES string of the molecule is CC#CCCC1C(=O)CCC1CC(=O)OC. The number of carbonyl (C=O) groups excluding carboxylic acids is 2. The summed E-state index contributed by atoms with van der Waals surface area (Å²) >= 11 is 0. The van der Waals surface area contributed by atoms with Crippen LogP contribution in [-0.4, -0.2) is 18.9 Å². The first-order valence-electron chi connectivity index (χ1n) is 5.68. The number of hydrogen-bond donors (Lipinski definition) is 0. The first-order chi connectivity index (χ1) is 7.69. The molecule has 2 unspecified atom stereocenters. The fourth-order valence-electron chi connectivity index (χ4n) is 2.27. The van der Waals surface area contributed by atoms with Crippen LogP contribution in [-0.2, 0) is 14.3 Å². The van der Waals surface area contributed by atoms with Gasteiger partial charge in [0.2, 0.25) is 0 Å². The van der Waals surface area contributed by atoms with E-state index in [1.807, 2.05) is 0 Å². The third-order valence-electron chi connectivity index (χ3n) is 3.16. The van der Waals surface area contributed by atoms with Crippen LogP contribution in [0.3, 0.4) is 0 Å². The van der Waals surface area contributed by atoms with E-state index < -0.39 is 0 Å². The number of methoxy groups -OCH3 is 1. The maximum atomic E-state index is 11.6. The van der Waals surface area contributed by atoms with Gasteiger partial charge < -0.3 is 4.74 Å². The Hall–Kier alpha value is -1.30. The lowest BCUT2D eigenvalue weighted by atomic mass is 9.89. The van der Waals surface area contributed by atoms with E-state index >= 15 is 0 Å². The summed E-state index contributed by atoms with van der Waals surface area (Å²) < 4.78 is 4.64. The second kappa shape index (κ2) is 6.32. The van der Waals surface area contributed by atoms with E-state index in [2.05, 4.69) is 16.6 Å². The van der Waals surface area contributed by atoms with Gasteiger partial charge in [0.1, 0.15) is 5.78 Å². The Labute approximate surface area is 96.5 Å². The average molecular weight is 222 g/mol. The van der Waals surface area contributed by atoms with Crippen molar-refractivity contribution in [2.45, 2.75) is 39.0 Å². The van der Waals surface area contributed by atoms with Gasteiger partial charge in [-0.2, -0.15) is 0 Å². The fourth-order valence-corrected chi connectivity index (χ4v) is 2.27. The highest BCUT2D eigenvalue weighted by Gasteiger charge is 2.35. The standard InChI is InChI=1S/C13H18O3/c1-3-4-5-6-11-10(7-8-12(11)14)9-13(15)16-2/h10-11H,5-9H2,1-2H3. The molecule has 3 nitrogen and oxygen atoms in total. The molecule has 1 saturated carbocycles. The molecule has 2 atom stereocenters. The molecule has 1 aliphatic rings. The van der Waals surface area contributed by atoms with Crippen LogP contribution < -0.4 is 0 Å². The van der Waals surface area contributed by atoms with Crippen molar-refractivity contribution in [3.63, 3.8) is 0 Å². The Bertz CT molecular complexity index is 322. The van der Waals surface area contributed by atoms with E-state index in [0.29, 0.717) is 12.8 Å². The van der Waals surface area contributed by atoms with Crippen molar-refractivity contribution < 1.29 is 14.3 Å². The fraction of sp³-hybridized carbons (Fsp3) is 0.692. The molecule has 88 valence electrons. The number of rotatable bonds is 4. The molecule has 1 rings (SSSR count). The van der Waals surface area contributed by atoms with Crippen molar-refractivity contribution in [2.75, 3.05) is 7.11 Å². The minimum absolute atomic E-state index is 0.0138. The van der Waals surface area contributed by atoms with E-state index in [0.717, 1.165) is 19.3 Å². The monoisotopic (exact) mass is 222 g/mol. The number of esters is 1. The number of ketones is 1. The van der Waals surface area contributed by atoms with E-state index in [-0.39, 0.29) is 23.6 Å². The van der Waals surface area contributed by atoms with Gasteiger partial charge in [0, 0.05) is 25.2 Å². The molecular formula is C13H18O3. The molecule has 0 aromatic rings. The molecule has 3 heteroatoms. The quantitative estimate of drug-likeness (QED) is 0.539. The Balaban J connectivity index is 2.51. The van der Waals surface area contributed by atoms with Gasteiger partial charge in [-0.25, -0.2) is 0 Å². The molecule has 0 aromatic carbocycles. The third-order valence-corrected chi connectivity index (χ3v) is 3.16. The second-order valence-electron chi connectivity index (χ2n) is 4.12. The molecule has 0 heterocycles. The molecule has 0 bridgehead atoms. The van der Waals surface area contributed by atoms with E-state index in [1.54, 1.807) is 6.92 Å². The van der Waals surface area contributed by atoms with Crippen LogP contribution >= 0.6 is 0 Å². The van der Waals surface area contributed by atoms with Gasteiger partial charge in [0.25, 0.3) is 0 Å². The van der Waals surface area contributed by atoms with Crippen LogP contribution in [0.25, 0.3) is 0 Å². The van der Waals surface area contributed by atoms with Crippen LogP contribution in [0.15, 0.2) is 0 Å². The minimum atomic E-state index is -0.216. The van der Waals surface area contributed by atoms with Gasteiger partial charge in [0.05, 0.1) is 7.11 Å². The number of Topliss-reactive ketones (excluding diaryl/α,β-unsaturated/α-hetero) is 1. The van der Waals surface area contributed by atoms with Crippen LogP contribution in [0.4, 0.5) is 0 Å². The Morgan fingerprint density at radius 3 is 2.94 bits per heavy atom. The number of hydrogen-bond acceptors (Lipinski definition) is 3. The van der Waals surface area contributed by atoms with Gasteiger partial charge in [0.15, 0.2) is 0 Å². The number of carbonyl (C=O) groups is 2. The topological polar surface area (TPSA) is 43.4 Å². The lowest BCUT2D eigenvalue weighted by molar-refractivity contribution is -0.142. The molecule has 1 fully saturated rings. The molecule has 16 heavy (non-hydrogen) atoms.